The molecule has 0 bridgehead atoms. The third-order valence-corrected chi connectivity index (χ3v) is 11.9. The predicted octanol–water partition coefficient (Wildman–Crippen LogP) is 2.67. The summed E-state index contributed by atoms with van der Waals surface area (Å²) in [6.45, 7) is 11.8. The van der Waals surface area contributed by atoms with Crippen LogP contribution in [-0.2, 0) is 17.7 Å². The lowest BCUT2D eigenvalue weighted by molar-refractivity contribution is 0.117. The summed E-state index contributed by atoms with van der Waals surface area (Å²) < 4.78 is 23.2. The summed E-state index contributed by atoms with van der Waals surface area (Å²) in [7, 11) is 2.53. The van der Waals surface area contributed by atoms with Crippen LogP contribution in [0.2, 0.25) is 13.1 Å². The van der Waals surface area contributed by atoms with Gasteiger partial charge in [-0.3, -0.25) is 4.90 Å². The van der Waals surface area contributed by atoms with Gasteiger partial charge in [0.15, 0.2) is 0 Å². The Hall–Kier alpha value is 0.234. The van der Waals surface area contributed by atoms with Crippen molar-refractivity contribution < 1.29 is 17.7 Å². The molecule has 0 saturated heterocycles. The zero-order valence-electron chi connectivity index (χ0n) is 15.4. The van der Waals surface area contributed by atoms with Crippen LogP contribution in [-0.4, -0.2) is 68.3 Å². The summed E-state index contributed by atoms with van der Waals surface area (Å²) in [5, 5.41) is 0. The molecule has 128 valence electrons. The van der Waals surface area contributed by atoms with E-state index in [1.807, 2.05) is 0 Å². The molecule has 0 heterocycles. The van der Waals surface area contributed by atoms with E-state index in [0.717, 1.165) is 19.4 Å². The summed E-state index contributed by atoms with van der Waals surface area (Å²) in [6, 6.07) is 0. The molecule has 0 aliphatic carbocycles. The Morgan fingerprint density at radius 3 is 1.14 bits per heavy atom. The van der Waals surface area contributed by atoms with Gasteiger partial charge in [-0.1, -0.05) is 20.8 Å². The second-order valence-corrected chi connectivity index (χ2v) is 12.6. The molecule has 0 aromatic heterocycles. The third-order valence-electron chi connectivity index (χ3n) is 4.77. The van der Waals surface area contributed by atoms with Gasteiger partial charge < -0.3 is 17.7 Å². The average molecular weight is 338 g/mol. The summed E-state index contributed by atoms with van der Waals surface area (Å²) in [6.07, 6.45) is 1.99. The Labute approximate surface area is 133 Å². The van der Waals surface area contributed by atoms with Crippen molar-refractivity contribution in [2.45, 2.75) is 58.0 Å². The lowest BCUT2D eigenvalue weighted by Crippen LogP contribution is -2.66. The maximum atomic E-state index is 5.81. The summed E-state index contributed by atoms with van der Waals surface area (Å²) >= 11 is 0. The van der Waals surface area contributed by atoms with Crippen LogP contribution in [0, 0.1) is 0 Å². The molecule has 0 N–H and O–H groups in total. The second-order valence-electron chi connectivity index (χ2n) is 5.53. The van der Waals surface area contributed by atoms with Crippen molar-refractivity contribution >= 4 is 17.1 Å². The lowest BCUT2D eigenvalue weighted by atomic mass is 10.3. The van der Waals surface area contributed by atoms with Crippen molar-refractivity contribution in [3.63, 3.8) is 0 Å². The summed E-state index contributed by atoms with van der Waals surface area (Å²) in [5.74, 6) is 0. The summed E-state index contributed by atoms with van der Waals surface area (Å²) in [5.41, 5.74) is 0.555. The maximum Gasteiger partial charge on any atom is 0.352 e. The first-order chi connectivity index (χ1) is 9.83. The van der Waals surface area contributed by atoms with Gasteiger partial charge in [0.25, 0.3) is 0 Å². The highest BCUT2D eigenvalue weighted by Crippen LogP contribution is 2.27. The van der Waals surface area contributed by atoms with Crippen molar-refractivity contribution in [2.24, 2.45) is 0 Å². The van der Waals surface area contributed by atoms with E-state index in [1.54, 1.807) is 28.4 Å². The van der Waals surface area contributed by atoms with Crippen LogP contribution in [0.4, 0.5) is 0 Å². The van der Waals surface area contributed by atoms with E-state index >= 15 is 0 Å². The van der Waals surface area contributed by atoms with Gasteiger partial charge in [-0.05, 0) is 32.5 Å². The Kier molecular flexibility index (Phi) is 9.49. The molecule has 0 aromatic rings. The molecule has 0 rings (SSSR count). The molecule has 5 nitrogen and oxygen atoms in total. The molecule has 0 aliphatic rings. The SMILES string of the molecule is CCC(N(CC)C(CC)[Si](C)(OC)OC)[Si](C)(OC)OC. The molecular formula is C14H35NO4Si2. The van der Waals surface area contributed by atoms with Gasteiger partial charge in [-0.2, -0.15) is 0 Å². The van der Waals surface area contributed by atoms with Crippen LogP contribution in [0.3, 0.4) is 0 Å². The quantitative estimate of drug-likeness (QED) is 0.542. The van der Waals surface area contributed by atoms with Crippen LogP contribution >= 0.6 is 0 Å². The Balaban J connectivity index is 5.61. The van der Waals surface area contributed by atoms with E-state index in [0.29, 0.717) is 0 Å². The van der Waals surface area contributed by atoms with E-state index in [4.69, 9.17) is 17.7 Å². The van der Waals surface area contributed by atoms with Crippen molar-refractivity contribution in [1.29, 1.82) is 0 Å². The highest BCUT2D eigenvalue weighted by atomic mass is 28.4. The fourth-order valence-electron chi connectivity index (χ4n) is 3.18. The number of rotatable bonds is 11. The fourth-order valence-corrected chi connectivity index (χ4v) is 8.17. The van der Waals surface area contributed by atoms with Crippen molar-refractivity contribution in [3.8, 4) is 0 Å². The molecule has 0 amide bonds. The zero-order chi connectivity index (χ0) is 16.7. The summed E-state index contributed by atoms with van der Waals surface area (Å²) in [4.78, 5) is 2.48. The van der Waals surface area contributed by atoms with E-state index in [1.165, 1.54) is 0 Å². The number of nitrogens with zero attached hydrogens (tertiary/aromatic N) is 1. The van der Waals surface area contributed by atoms with Crippen molar-refractivity contribution in [3.05, 3.63) is 0 Å². The second kappa shape index (κ2) is 9.39. The first-order valence-corrected chi connectivity index (χ1v) is 12.6. The molecule has 0 saturated carbocycles. The van der Waals surface area contributed by atoms with Gasteiger partial charge >= 0.3 is 17.1 Å². The Morgan fingerprint density at radius 2 is 1.00 bits per heavy atom. The van der Waals surface area contributed by atoms with E-state index in [9.17, 15) is 0 Å². The monoisotopic (exact) mass is 337 g/mol. The van der Waals surface area contributed by atoms with Crippen molar-refractivity contribution in [1.82, 2.24) is 4.90 Å². The largest absolute Gasteiger partial charge is 0.397 e. The van der Waals surface area contributed by atoms with Gasteiger partial charge in [-0.25, -0.2) is 0 Å². The molecule has 21 heavy (non-hydrogen) atoms. The minimum atomic E-state index is -2.26. The first-order valence-electron chi connectivity index (χ1n) is 7.80. The van der Waals surface area contributed by atoms with Crippen LogP contribution in [0.5, 0.6) is 0 Å². The topological polar surface area (TPSA) is 40.2 Å². The molecular weight excluding hydrogens is 302 g/mol. The van der Waals surface area contributed by atoms with E-state index in [2.05, 4.69) is 38.8 Å². The minimum absolute atomic E-state index is 0.277. The molecule has 0 fully saturated rings. The van der Waals surface area contributed by atoms with E-state index in [-0.39, 0.29) is 11.3 Å². The lowest BCUT2D eigenvalue weighted by Gasteiger charge is -2.46. The van der Waals surface area contributed by atoms with Crippen molar-refractivity contribution in [2.75, 3.05) is 35.0 Å². The van der Waals surface area contributed by atoms with Gasteiger partial charge in [0, 0.05) is 28.4 Å². The Bertz CT molecular complexity index is 260. The fraction of sp³-hybridized carbons (Fsp3) is 1.00. The molecule has 0 aliphatic heterocycles. The zero-order valence-corrected chi connectivity index (χ0v) is 17.4. The maximum absolute atomic E-state index is 5.81. The number of hydrogen-bond acceptors (Lipinski definition) is 5. The normalized spacial score (nSPS) is 16.3. The highest BCUT2D eigenvalue weighted by Gasteiger charge is 2.49. The van der Waals surface area contributed by atoms with Gasteiger partial charge in [0.1, 0.15) is 0 Å². The molecule has 0 aromatic carbocycles. The van der Waals surface area contributed by atoms with E-state index < -0.39 is 17.1 Å². The Morgan fingerprint density at radius 1 is 0.714 bits per heavy atom. The minimum Gasteiger partial charge on any atom is -0.397 e. The first kappa shape index (κ1) is 21.2. The average Bonchev–Trinajstić information content (AvgIpc) is 2.53. The van der Waals surface area contributed by atoms with Gasteiger partial charge in [0.2, 0.25) is 0 Å². The van der Waals surface area contributed by atoms with Crippen LogP contribution in [0.25, 0.3) is 0 Å². The van der Waals surface area contributed by atoms with Crippen LogP contribution < -0.4 is 0 Å². The number of hydrogen-bond donors (Lipinski definition) is 0. The molecule has 0 spiro atoms. The van der Waals surface area contributed by atoms with Gasteiger partial charge in [0.05, 0.1) is 11.3 Å². The molecule has 7 heteroatoms. The van der Waals surface area contributed by atoms with Crippen LogP contribution in [0.1, 0.15) is 33.6 Å². The predicted molar refractivity (Wildman–Crippen MR) is 91.8 cm³/mol. The molecule has 2 atom stereocenters. The smallest absolute Gasteiger partial charge is 0.352 e. The third kappa shape index (κ3) is 4.60. The molecule has 2 unspecified atom stereocenters. The van der Waals surface area contributed by atoms with Crippen LogP contribution in [0.15, 0.2) is 0 Å². The highest BCUT2D eigenvalue weighted by molar-refractivity contribution is 6.69. The van der Waals surface area contributed by atoms with Gasteiger partial charge in [-0.15, -0.1) is 0 Å². The standard InChI is InChI=1S/C14H35NO4Si2/c1-10-13(20(8,16-4)17-5)15(12-3)14(11-2)21(9,18-6)19-7/h13-14H,10-12H2,1-9H3. The molecule has 0 radical (unpaired) electrons.